The minimum atomic E-state index is -3.48. The molecule has 174 valence electrons. The van der Waals surface area contributed by atoms with Crippen LogP contribution in [0.4, 0.5) is 4.79 Å². The molecule has 0 saturated carbocycles. The second kappa shape index (κ2) is 12.7. The second-order valence-electron chi connectivity index (χ2n) is 7.96. The van der Waals surface area contributed by atoms with Crippen molar-refractivity contribution in [2.24, 2.45) is 4.99 Å². The molecule has 0 radical (unpaired) electrons. The molecular formula is C18H34IN5O4S2. The first-order chi connectivity index (χ1) is 13.3. The predicted octanol–water partition coefficient (Wildman–Crippen LogP) is 2.50. The van der Waals surface area contributed by atoms with E-state index in [2.05, 4.69) is 25.7 Å². The van der Waals surface area contributed by atoms with Crippen molar-refractivity contribution < 1.29 is 17.9 Å². The van der Waals surface area contributed by atoms with Gasteiger partial charge in [-0.15, -0.1) is 35.3 Å². The van der Waals surface area contributed by atoms with Crippen molar-refractivity contribution >= 4 is 57.4 Å². The van der Waals surface area contributed by atoms with Gasteiger partial charge in [-0.05, 0) is 53.0 Å². The number of hydrogen-bond acceptors (Lipinski definition) is 6. The van der Waals surface area contributed by atoms with Crippen molar-refractivity contribution in [1.82, 2.24) is 20.7 Å². The van der Waals surface area contributed by atoms with Gasteiger partial charge in [0.2, 0.25) is 10.0 Å². The molecule has 1 aromatic heterocycles. The van der Waals surface area contributed by atoms with Crippen molar-refractivity contribution in [3.05, 3.63) is 17.5 Å². The first kappa shape index (κ1) is 28.9. The third-order valence-corrected chi connectivity index (χ3v) is 6.14. The molecule has 0 spiro atoms. The topological polar surface area (TPSA) is 121 Å². The Morgan fingerprint density at radius 2 is 1.83 bits per heavy atom. The number of halogens is 1. The average Bonchev–Trinajstić information content (AvgIpc) is 3.09. The molecule has 0 saturated heterocycles. The maximum absolute atomic E-state index is 12.1. The van der Waals surface area contributed by atoms with Gasteiger partial charge in [0, 0.05) is 19.6 Å². The third-order valence-electron chi connectivity index (χ3n) is 3.29. The van der Waals surface area contributed by atoms with Gasteiger partial charge in [-0.1, -0.05) is 6.07 Å². The summed E-state index contributed by atoms with van der Waals surface area (Å²) in [5.74, 6) is 0.530. The van der Waals surface area contributed by atoms with Crippen LogP contribution in [0.2, 0.25) is 0 Å². The molecule has 30 heavy (non-hydrogen) atoms. The number of nitrogens with zero attached hydrogens (tertiary/aromatic N) is 1. The lowest BCUT2D eigenvalue weighted by atomic mass is 10.1. The largest absolute Gasteiger partial charge is 0.444 e. The quantitative estimate of drug-likeness (QED) is 0.156. The molecule has 0 atom stereocenters. The van der Waals surface area contributed by atoms with Crippen LogP contribution in [-0.2, 0) is 14.8 Å². The number of aliphatic imine (C=N–C) groups is 1. The molecule has 0 fully saturated rings. The molecule has 1 amide bonds. The van der Waals surface area contributed by atoms with E-state index in [4.69, 9.17) is 4.74 Å². The molecule has 0 aliphatic heterocycles. The van der Waals surface area contributed by atoms with Gasteiger partial charge in [0.05, 0.1) is 12.1 Å². The van der Waals surface area contributed by atoms with Gasteiger partial charge in [-0.3, -0.25) is 4.99 Å². The van der Waals surface area contributed by atoms with Gasteiger partial charge in [-0.2, -0.15) is 0 Å². The zero-order valence-electron chi connectivity index (χ0n) is 18.4. The molecule has 0 aromatic carbocycles. The minimum Gasteiger partial charge on any atom is -0.444 e. The number of nitrogens with one attached hydrogen (secondary N) is 4. The summed E-state index contributed by atoms with van der Waals surface area (Å²) >= 11 is 1.17. The monoisotopic (exact) mass is 575 g/mol. The highest BCUT2D eigenvalue weighted by molar-refractivity contribution is 14.0. The fourth-order valence-corrected chi connectivity index (χ4v) is 4.16. The van der Waals surface area contributed by atoms with Crippen LogP contribution in [0.15, 0.2) is 26.7 Å². The minimum absolute atomic E-state index is 0. The highest BCUT2D eigenvalue weighted by Gasteiger charge is 2.24. The van der Waals surface area contributed by atoms with E-state index in [-0.39, 0.29) is 34.7 Å². The fourth-order valence-electron chi connectivity index (χ4n) is 2.09. The Balaban J connectivity index is 0.00000841. The van der Waals surface area contributed by atoms with Crippen LogP contribution >= 0.6 is 35.3 Å². The molecule has 9 nitrogen and oxygen atoms in total. The fraction of sp³-hybridized carbons (Fsp3) is 0.667. The standard InChI is InChI=1S/C18H33N5O4S2.HI/c1-7-19-15(20-10-11-22-29(25,26)14-9-8-12-28-14)21-13-18(5,6)23-16(24)27-17(2,3)4;/h8-9,12,22H,7,10-11,13H2,1-6H3,(H,23,24)(H2,19,20,21);1H. The van der Waals surface area contributed by atoms with Crippen molar-refractivity contribution in [2.45, 2.75) is 56.9 Å². The lowest BCUT2D eigenvalue weighted by Crippen LogP contribution is -2.49. The lowest BCUT2D eigenvalue weighted by molar-refractivity contribution is 0.0476. The van der Waals surface area contributed by atoms with Gasteiger partial charge in [-0.25, -0.2) is 17.9 Å². The Labute approximate surface area is 200 Å². The zero-order valence-corrected chi connectivity index (χ0v) is 22.3. The SMILES string of the molecule is CCNC(=NCC(C)(C)NC(=O)OC(C)(C)C)NCCNS(=O)(=O)c1cccs1.I. The summed E-state index contributed by atoms with van der Waals surface area (Å²) in [7, 11) is -3.48. The molecule has 1 heterocycles. The van der Waals surface area contributed by atoms with Crippen LogP contribution in [0, 0.1) is 0 Å². The van der Waals surface area contributed by atoms with Crippen LogP contribution in [0.3, 0.4) is 0 Å². The van der Waals surface area contributed by atoms with E-state index in [0.717, 1.165) is 0 Å². The summed E-state index contributed by atoms with van der Waals surface area (Å²) in [6, 6.07) is 3.26. The normalized spacial score (nSPS) is 12.7. The molecule has 1 rings (SSSR count). The number of alkyl carbamates (subject to hydrolysis) is 1. The maximum atomic E-state index is 12.1. The van der Waals surface area contributed by atoms with Gasteiger partial charge in [0.15, 0.2) is 5.96 Å². The molecule has 0 aliphatic rings. The Hall–Kier alpha value is -1.12. The van der Waals surface area contributed by atoms with Crippen LogP contribution in [-0.4, -0.2) is 57.8 Å². The smallest absolute Gasteiger partial charge is 0.408 e. The Kier molecular flexibility index (Phi) is 12.2. The number of rotatable bonds is 9. The highest BCUT2D eigenvalue weighted by atomic mass is 127. The maximum Gasteiger partial charge on any atom is 0.408 e. The van der Waals surface area contributed by atoms with Crippen molar-refractivity contribution in [3.63, 3.8) is 0 Å². The van der Waals surface area contributed by atoms with Crippen LogP contribution < -0.4 is 20.7 Å². The number of carbonyl (C=O) groups excluding carboxylic acids is 1. The first-order valence-electron chi connectivity index (χ1n) is 9.41. The summed E-state index contributed by atoms with van der Waals surface area (Å²) in [5.41, 5.74) is -1.19. The van der Waals surface area contributed by atoms with Crippen molar-refractivity contribution in [2.75, 3.05) is 26.2 Å². The number of guanidine groups is 1. The predicted molar refractivity (Wildman–Crippen MR) is 132 cm³/mol. The molecule has 1 aromatic rings. The number of thiophene rings is 1. The lowest BCUT2D eigenvalue weighted by Gasteiger charge is -2.27. The van der Waals surface area contributed by atoms with E-state index in [1.807, 2.05) is 20.8 Å². The number of hydrogen-bond donors (Lipinski definition) is 4. The second-order valence-corrected chi connectivity index (χ2v) is 10.9. The van der Waals surface area contributed by atoms with E-state index in [1.54, 1.807) is 38.3 Å². The average molecular weight is 576 g/mol. The van der Waals surface area contributed by atoms with E-state index in [9.17, 15) is 13.2 Å². The van der Waals surface area contributed by atoms with Crippen LogP contribution in [0.5, 0.6) is 0 Å². The van der Waals surface area contributed by atoms with Gasteiger partial charge in [0.25, 0.3) is 0 Å². The number of ether oxygens (including phenoxy) is 1. The van der Waals surface area contributed by atoms with Crippen molar-refractivity contribution in [1.29, 1.82) is 0 Å². The number of carbonyl (C=O) groups is 1. The number of sulfonamides is 1. The van der Waals surface area contributed by atoms with Gasteiger partial charge in [0.1, 0.15) is 9.81 Å². The molecule has 4 N–H and O–H groups in total. The molecular weight excluding hydrogens is 541 g/mol. The highest BCUT2D eigenvalue weighted by Crippen LogP contribution is 2.14. The zero-order chi connectivity index (χ0) is 22.1. The van der Waals surface area contributed by atoms with E-state index >= 15 is 0 Å². The number of amides is 1. The summed E-state index contributed by atoms with van der Waals surface area (Å²) in [5, 5.41) is 10.7. The van der Waals surface area contributed by atoms with E-state index in [1.165, 1.54) is 11.3 Å². The van der Waals surface area contributed by atoms with Gasteiger partial charge < -0.3 is 20.7 Å². The van der Waals surface area contributed by atoms with Crippen molar-refractivity contribution in [3.8, 4) is 0 Å². The molecule has 0 bridgehead atoms. The molecule has 0 aliphatic carbocycles. The summed E-state index contributed by atoms with van der Waals surface area (Å²) in [6.07, 6.45) is -0.501. The Morgan fingerprint density at radius 1 is 1.17 bits per heavy atom. The first-order valence-corrected chi connectivity index (χ1v) is 11.8. The van der Waals surface area contributed by atoms with Crippen LogP contribution in [0.25, 0.3) is 0 Å². The Morgan fingerprint density at radius 3 is 2.37 bits per heavy atom. The van der Waals surface area contributed by atoms with Gasteiger partial charge >= 0.3 is 6.09 Å². The molecule has 12 heteroatoms. The summed E-state index contributed by atoms with van der Waals surface area (Å²) in [4.78, 5) is 16.4. The van der Waals surface area contributed by atoms with Crippen LogP contribution in [0.1, 0.15) is 41.5 Å². The summed E-state index contributed by atoms with van der Waals surface area (Å²) in [6.45, 7) is 12.6. The third kappa shape index (κ3) is 11.9. The van der Waals surface area contributed by atoms with E-state index in [0.29, 0.717) is 25.6 Å². The molecule has 0 unspecified atom stereocenters. The van der Waals surface area contributed by atoms with E-state index < -0.39 is 27.3 Å². The Bertz CT molecular complexity index is 775. The summed E-state index contributed by atoms with van der Waals surface area (Å²) < 4.78 is 32.3.